The molecule has 0 saturated carbocycles. The molecule has 0 aliphatic carbocycles. The average molecular weight is 381 g/mol. The molecule has 0 bridgehead atoms. The van der Waals surface area contributed by atoms with Gasteiger partial charge in [-0.15, -0.1) is 0 Å². The van der Waals surface area contributed by atoms with Crippen LogP contribution in [0.25, 0.3) is 11.1 Å². The number of carbonyl (C=O) groups is 1. The first kappa shape index (κ1) is 21.7. The number of rotatable bonds is 12. The van der Waals surface area contributed by atoms with Crippen molar-refractivity contribution in [3.05, 3.63) is 60.7 Å². The zero-order valence-electron chi connectivity index (χ0n) is 17.2. The molecule has 0 aromatic heterocycles. The Labute approximate surface area is 169 Å². The molecule has 0 radical (unpaired) electrons. The van der Waals surface area contributed by atoms with Crippen LogP contribution in [-0.2, 0) is 4.79 Å². The van der Waals surface area contributed by atoms with Crippen LogP contribution in [0.5, 0.6) is 11.5 Å². The molecule has 2 aromatic carbocycles. The van der Waals surface area contributed by atoms with Crippen molar-refractivity contribution in [1.82, 2.24) is 0 Å². The Morgan fingerprint density at radius 3 is 1.82 bits per heavy atom. The van der Waals surface area contributed by atoms with Gasteiger partial charge in [0.25, 0.3) is 0 Å². The number of unbranched alkanes of at least 4 members (excludes halogenated alkanes) is 6. The van der Waals surface area contributed by atoms with Gasteiger partial charge in [-0.1, -0.05) is 76.3 Å². The average Bonchev–Trinajstić information content (AvgIpc) is 2.71. The normalized spacial score (nSPS) is 10.5. The molecule has 2 rings (SSSR count). The van der Waals surface area contributed by atoms with E-state index >= 15 is 0 Å². The highest BCUT2D eigenvalue weighted by atomic mass is 16.5. The minimum Gasteiger partial charge on any atom is -0.494 e. The summed E-state index contributed by atoms with van der Waals surface area (Å²) < 4.78 is 11.1. The fourth-order valence-electron chi connectivity index (χ4n) is 2.90. The van der Waals surface area contributed by atoms with E-state index < -0.39 is 5.97 Å². The van der Waals surface area contributed by atoms with E-state index in [-0.39, 0.29) is 0 Å². The number of hydrogen-bond donors (Lipinski definition) is 0. The molecule has 3 nitrogen and oxygen atoms in total. The van der Waals surface area contributed by atoms with Crippen LogP contribution in [0.15, 0.2) is 60.7 Å². The van der Waals surface area contributed by atoms with Crippen LogP contribution in [0.2, 0.25) is 0 Å². The van der Waals surface area contributed by atoms with E-state index in [1.807, 2.05) is 24.3 Å². The molecule has 0 fully saturated rings. The van der Waals surface area contributed by atoms with Gasteiger partial charge in [-0.3, -0.25) is 0 Å². The quantitative estimate of drug-likeness (QED) is 0.173. The summed E-state index contributed by atoms with van der Waals surface area (Å²) in [6.45, 7) is 8.24. The highest BCUT2D eigenvalue weighted by molar-refractivity contribution is 5.88. The van der Waals surface area contributed by atoms with Gasteiger partial charge in [-0.05, 0) is 48.7 Å². The molecule has 2 aromatic rings. The van der Waals surface area contributed by atoms with Crippen molar-refractivity contribution in [2.45, 2.75) is 58.8 Å². The van der Waals surface area contributed by atoms with Crippen molar-refractivity contribution >= 4 is 5.97 Å². The van der Waals surface area contributed by atoms with E-state index in [1.165, 1.54) is 38.5 Å². The third kappa shape index (κ3) is 7.59. The molecule has 3 heteroatoms. The Hall–Kier alpha value is -2.55. The van der Waals surface area contributed by atoms with Crippen LogP contribution >= 0.6 is 0 Å². The van der Waals surface area contributed by atoms with Crippen LogP contribution in [0.4, 0.5) is 0 Å². The van der Waals surface area contributed by atoms with Gasteiger partial charge in [-0.25, -0.2) is 4.79 Å². The lowest BCUT2D eigenvalue weighted by Crippen LogP contribution is -2.07. The van der Waals surface area contributed by atoms with E-state index in [2.05, 4.69) is 25.6 Å². The first-order valence-electron chi connectivity index (χ1n) is 10.3. The van der Waals surface area contributed by atoms with E-state index in [4.69, 9.17) is 9.47 Å². The lowest BCUT2D eigenvalue weighted by molar-refractivity contribution is -0.130. The summed E-state index contributed by atoms with van der Waals surface area (Å²) in [5, 5.41) is 0. The summed E-state index contributed by atoms with van der Waals surface area (Å²) in [5.74, 6) is 1.02. The van der Waals surface area contributed by atoms with Crippen LogP contribution < -0.4 is 9.47 Å². The zero-order valence-corrected chi connectivity index (χ0v) is 17.2. The van der Waals surface area contributed by atoms with Gasteiger partial charge in [0.2, 0.25) is 0 Å². The Morgan fingerprint density at radius 2 is 1.29 bits per heavy atom. The Balaban J connectivity index is 1.76. The predicted octanol–water partition coefficient (Wildman–Crippen LogP) is 6.96. The molecule has 0 aliphatic heterocycles. The Kier molecular flexibility index (Phi) is 9.33. The molecule has 0 heterocycles. The van der Waals surface area contributed by atoms with Crippen LogP contribution in [0.1, 0.15) is 58.8 Å². The molecule has 150 valence electrons. The minimum absolute atomic E-state index is 0.385. The van der Waals surface area contributed by atoms with Gasteiger partial charge in [0.15, 0.2) is 0 Å². The van der Waals surface area contributed by atoms with Crippen LogP contribution in [0.3, 0.4) is 0 Å². The Morgan fingerprint density at radius 1 is 0.786 bits per heavy atom. The summed E-state index contributed by atoms with van der Waals surface area (Å²) in [7, 11) is 0. The summed E-state index contributed by atoms with van der Waals surface area (Å²) in [6.07, 6.45) is 9.00. The lowest BCUT2D eigenvalue weighted by Gasteiger charge is -2.08. The molecular formula is C25H32O3. The maximum atomic E-state index is 11.6. The number of benzene rings is 2. The molecule has 0 spiro atoms. The van der Waals surface area contributed by atoms with Gasteiger partial charge < -0.3 is 9.47 Å². The summed E-state index contributed by atoms with van der Waals surface area (Å²) >= 11 is 0. The van der Waals surface area contributed by atoms with E-state index in [1.54, 1.807) is 19.1 Å². The summed E-state index contributed by atoms with van der Waals surface area (Å²) in [4.78, 5) is 11.6. The second kappa shape index (κ2) is 12.0. The molecule has 0 unspecified atom stereocenters. The number of carbonyl (C=O) groups excluding carboxylic acids is 1. The number of ether oxygens (including phenoxy) is 2. The second-order valence-corrected chi connectivity index (χ2v) is 7.19. The van der Waals surface area contributed by atoms with Gasteiger partial charge >= 0.3 is 5.97 Å². The number of hydrogen-bond acceptors (Lipinski definition) is 3. The molecule has 28 heavy (non-hydrogen) atoms. The molecule has 0 aliphatic rings. The zero-order chi connectivity index (χ0) is 20.2. The maximum absolute atomic E-state index is 11.6. The summed E-state index contributed by atoms with van der Waals surface area (Å²) in [5.41, 5.74) is 2.55. The van der Waals surface area contributed by atoms with E-state index in [0.29, 0.717) is 11.3 Å². The first-order valence-corrected chi connectivity index (χ1v) is 10.3. The van der Waals surface area contributed by atoms with Gasteiger partial charge in [0.1, 0.15) is 11.5 Å². The van der Waals surface area contributed by atoms with Crippen LogP contribution in [-0.4, -0.2) is 12.6 Å². The minimum atomic E-state index is -0.407. The van der Waals surface area contributed by atoms with Crippen molar-refractivity contribution in [3.8, 4) is 22.6 Å². The van der Waals surface area contributed by atoms with Crippen molar-refractivity contribution in [2.24, 2.45) is 0 Å². The highest BCUT2D eigenvalue weighted by Crippen LogP contribution is 2.25. The van der Waals surface area contributed by atoms with E-state index in [0.717, 1.165) is 29.9 Å². The van der Waals surface area contributed by atoms with Crippen molar-refractivity contribution < 1.29 is 14.3 Å². The monoisotopic (exact) mass is 380 g/mol. The topological polar surface area (TPSA) is 35.5 Å². The van der Waals surface area contributed by atoms with Crippen molar-refractivity contribution in [1.29, 1.82) is 0 Å². The van der Waals surface area contributed by atoms with E-state index in [9.17, 15) is 4.79 Å². The molecule has 0 N–H and O–H groups in total. The lowest BCUT2D eigenvalue weighted by atomic mass is 10.1. The Bertz CT molecular complexity index is 729. The summed E-state index contributed by atoms with van der Waals surface area (Å²) in [6, 6.07) is 15.6. The van der Waals surface area contributed by atoms with Gasteiger partial charge in [-0.2, -0.15) is 0 Å². The molecule has 0 amide bonds. The SMILES string of the molecule is C=C(C)C(=O)Oc1ccc(-c2ccc(OCCCCCCCCC)cc2)cc1. The number of esters is 1. The highest BCUT2D eigenvalue weighted by Gasteiger charge is 2.06. The fourth-order valence-corrected chi connectivity index (χ4v) is 2.90. The van der Waals surface area contributed by atoms with Gasteiger partial charge in [0, 0.05) is 5.57 Å². The van der Waals surface area contributed by atoms with Crippen LogP contribution in [0, 0.1) is 0 Å². The third-order valence-corrected chi connectivity index (χ3v) is 4.62. The maximum Gasteiger partial charge on any atom is 0.338 e. The first-order chi connectivity index (χ1) is 13.6. The standard InChI is InChI=1S/C25H32O3/c1-4-5-6-7-8-9-10-19-27-23-15-11-21(12-16-23)22-13-17-24(18-14-22)28-25(26)20(2)3/h11-18H,2,4-10,19H2,1,3H3. The smallest absolute Gasteiger partial charge is 0.338 e. The van der Waals surface area contributed by atoms with Crippen molar-refractivity contribution in [2.75, 3.05) is 6.61 Å². The predicted molar refractivity (Wildman–Crippen MR) is 116 cm³/mol. The third-order valence-electron chi connectivity index (χ3n) is 4.62. The molecule has 0 atom stereocenters. The largest absolute Gasteiger partial charge is 0.494 e. The fraction of sp³-hybridized carbons (Fsp3) is 0.400. The molecular weight excluding hydrogens is 348 g/mol. The van der Waals surface area contributed by atoms with Crippen molar-refractivity contribution in [3.63, 3.8) is 0 Å². The van der Waals surface area contributed by atoms with Gasteiger partial charge in [0.05, 0.1) is 6.61 Å². The molecule has 0 saturated heterocycles. The second-order valence-electron chi connectivity index (χ2n) is 7.19.